The molecule has 1 N–H and O–H groups in total. The Kier molecular flexibility index (Phi) is 10.1. The monoisotopic (exact) mass is 576 g/mol. The first-order valence-electron chi connectivity index (χ1n) is 12.9. The van der Waals surface area contributed by atoms with Crippen LogP contribution in [-0.2, 0) is 30.6 Å². The van der Waals surface area contributed by atoms with Gasteiger partial charge in [0.05, 0.1) is 11.3 Å². The molecule has 0 fully saturated rings. The van der Waals surface area contributed by atoms with E-state index in [0.717, 1.165) is 16.7 Å². The summed E-state index contributed by atoms with van der Waals surface area (Å²) in [6, 6.07) is 24.8. The van der Waals surface area contributed by atoms with E-state index >= 15 is 0 Å². The van der Waals surface area contributed by atoms with Gasteiger partial charge in [0.15, 0.2) is 0 Å². The van der Waals surface area contributed by atoms with Gasteiger partial charge in [-0.15, -0.1) is 0 Å². The fourth-order valence-corrected chi connectivity index (χ4v) is 4.55. The Hall–Kier alpha value is -3.94. The highest BCUT2D eigenvalue weighted by molar-refractivity contribution is 6.30. The third-order valence-electron chi connectivity index (χ3n) is 6.45. The maximum absolute atomic E-state index is 13.7. The van der Waals surface area contributed by atoms with Crippen LogP contribution in [0.15, 0.2) is 85.1 Å². The number of hydrogen-bond acceptors (Lipinski definition) is 5. The first-order chi connectivity index (χ1) is 19.3. The summed E-state index contributed by atoms with van der Waals surface area (Å²) in [7, 11) is 1.88. The lowest BCUT2D eigenvalue weighted by Gasteiger charge is -2.23. The zero-order valence-corrected chi connectivity index (χ0v) is 23.6. The lowest BCUT2D eigenvalue weighted by molar-refractivity contribution is -0.137. The third-order valence-corrected chi connectivity index (χ3v) is 6.95. The second-order valence-electron chi connectivity index (χ2n) is 9.50. The summed E-state index contributed by atoms with van der Waals surface area (Å²) < 4.78 is 0. The van der Waals surface area contributed by atoms with Crippen molar-refractivity contribution in [1.82, 2.24) is 14.9 Å². The van der Waals surface area contributed by atoms with Crippen LogP contribution in [0, 0.1) is 0 Å². The molecule has 0 bridgehead atoms. The number of aromatic nitrogens is 2. The Morgan fingerprint density at radius 2 is 1.40 bits per heavy atom. The third kappa shape index (κ3) is 8.28. The summed E-state index contributed by atoms with van der Waals surface area (Å²) in [5.74, 6) is -1.03. The zero-order chi connectivity index (χ0) is 28.5. The minimum atomic E-state index is -1.09. The molecule has 3 aromatic carbocycles. The first-order valence-corrected chi connectivity index (χ1v) is 13.6. The summed E-state index contributed by atoms with van der Waals surface area (Å²) in [4.78, 5) is 37.9. The number of aryl methyl sites for hydroxylation is 2. The normalized spacial score (nSPS) is 10.8. The van der Waals surface area contributed by atoms with Gasteiger partial charge in [-0.05, 0) is 60.2 Å². The SMILES string of the molecule is CN(Cc1ccc(Cl)cc1)c1ncc(C(=O)N(CCc2ccc(Cl)cc2)CC(=O)O)c(CCc2ccccc2)n1. The number of halogens is 2. The van der Waals surface area contributed by atoms with E-state index in [-0.39, 0.29) is 6.54 Å². The number of carboxylic acid groups (broad SMARTS) is 1. The van der Waals surface area contributed by atoms with Crippen molar-refractivity contribution in [3.63, 3.8) is 0 Å². The average molecular weight is 578 g/mol. The van der Waals surface area contributed by atoms with E-state index in [0.29, 0.717) is 53.1 Å². The molecule has 206 valence electrons. The highest BCUT2D eigenvalue weighted by atomic mass is 35.5. The van der Waals surface area contributed by atoms with Gasteiger partial charge in [0.25, 0.3) is 5.91 Å². The average Bonchev–Trinajstić information content (AvgIpc) is 2.96. The first kappa shape index (κ1) is 29.1. The minimum absolute atomic E-state index is 0.225. The van der Waals surface area contributed by atoms with Gasteiger partial charge in [-0.2, -0.15) is 0 Å². The van der Waals surface area contributed by atoms with Crippen LogP contribution in [0.5, 0.6) is 0 Å². The van der Waals surface area contributed by atoms with Crippen molar-refractivity contribution in [2.45, 2.75) is 25.8 Å². The molecule has 1 heterocycles. The number of aliphatic carboxylic acids is 1. The standard InChI is InChI=1S/C31H30Cl2N4O3/c1-36(20-24-9-14-26(33)15-10-24)31-34-19-27(28(35-31)16-11-22-5-3-2-4-6-22)30(40)37(21-29(38)39)18-17-23-7-12-25(32)13-8-23/h2-10,12-15,19H,11,16-18,20-21H2,1H3,(H,38,39). The van der Waals surface area contributed by atoms with Crippen LogP contribution < -0.4 is 4.90 Å². The van der Waals surface area contributed by atoms with Crippen LogP contribution in [-0.4, -0.2) is 52.0 Å². The fourth-order valence-electron chi connectivity index (χ4n) is 4.30. The molecule has 0 unspecified atom stereocenters. The molecule has 4 aromatic rings. The highest BCUT2D eigenvalue weighted by Gasteiger charge is 2.23. The predicted molar refractivity (Wildman–Crippen MR) is 158 cm³/mol. The summed E-state index contributed by atoms with van der Waals surface area (Å²) in [6.45, 7) is 0.348. The van der Waals surface area contributed by atoms with Crippen molar-refractivity contribution in [1.29, 1.82) is 0 Å². The molecule has 40 heavy (non-hydrogen) atoms. The van der Waals surface area contributed by atoms with Crippen molar-refractivity contribution in [3.05, 3.63) is 123 Å². The number of nitrogens with zero attached hydrogens (tertiary/aromatic N) is 4. The second kappa shape index (κ2) is 13.9. The molecular weight excluding hydrogens is 547 g/mol. The molecule has 7 nitrogen and oxygen atoms in total. The van der Waals surface area contributed by atoms with Crippen molar-refractivity contribution < 1.29 is 14.7 Å². The number of carboxylic acids is 1. The highest BCUT2D eigenvalue weighted by Crippen LogP contribution is 2.19. The van der Waals surface area contributed by atoms with E-state index in [4.69, 9.17) is 28.2 Å². The molecule has 0 radical (unpaired) electrons. The maximum Gasteiger partial charge on any atom is 0.323 e. The van der Waals surface area contributed by atoms with Crippen LogP contribution in [0.4, 0.5) is 5.95 Å². The molecular formula is C31H30Cl2N4O3. The summed E-state index contributed by atoms with van der Waals surface area (Å²) in [6.07, 6.45) is 3.16. The molecule has 0 aliphatic rings. The lowest BCUT2D eigenvalue weighted by atomic mass is 10.0. The predicted octanol–water partition coefficient (Wildman–Crippen LogP) is 5.97. The zero-order valence-electron chi connectivity index (χ0n) is 22.1. The minimum Gasteiger partial charge on any atom is -0.480 e. The number of carbonyl (C=O) groups is 2. The van der Waals surface area contributed by atoms with Gasteiger partial charge in [0, 0.05) is 36.4 Å². The maximum atomic E-state index is 13.7. The molecule has 9 heteroatoms. The summed E-state index contributed by atoms with van der Waals surface area (Å²) >= 11 is 12.0. The number of amides is 1. The van der Waals surface area contributed by atoms with Crippen molar-refractivity contribution >= 4 is 41.0 Å². The quantitative estimate of drug-likeness (QED) is 0.223. The van der Waals surface area contributed by atoms with Crippen LogP contribution in [0.25, 0.3) is 0 Å². The van der Waals surface area contributed by atoms with Gasteiger partial charge in [0.2, 0.25) is 5.95 Å². The molecule has 0 atom stereocenters. The molecule has 4 rings (SSSR count). The van der Waals surface area contributed by atoms with E-state index in [9.17, 15) is 14.7 Å². The molecule has 0 aliphatic carbocycles. The molecule has 0 aliphatic heterocycles. The van der Waals surface area contributed by atoms with Crippen molar-refractivity contribution in [2.75, 3.05) is 25.0 Å². The smallest absolute Gasteiger partial charge is 0.323 e. The topological polar surface area (TPSA) is 86.6 Å². The molecule has 1 amide bonds. The van der Waals surface area contributed by atoms with Gasteiger partial charge in [-0.3, -0.25) is 9.59 Å². The largest absolute Gasteiger partial charge is 0.480 e. The molecule has 0 spiro atoms. The number of rotatable bonds is 12. The van der Waals surface area contributed by atoms with Gasteiger partial charge in [0.1, 0.15) is 6.54 Å². The van der Waals surface area contributed by atoms with Crippen LogP contribution in [0.2, 0.25) is 10.0 Å². The summed E-state index contributed by atoms with van der Waals surface area (Å²) in [5, 5.41) is 10.8. The van der Waals surface area contributed by atoms with E-state index in [1.54, 1.807) is 12.1 Å². The second-order valence-corrected chi connectivity index (χ2v) is 10.4. The number of anilines is 1. The Labute approximate surface area is 244 Å². The van der Waals surface area contributed by atoms with E-state index in [2.05, 4.69) is 4.98 Å². The van der Waals surface area contributed by atoms with Crippen LogP contribution in [0.3, 0.4) is 0 Å². The van der Waals surface area contributed by atoms with Crippen molar-refractivity contribution in [2.24, 2.45) is 0 Å². The molecule has 0 saturated carbocycles. The number of hydrogen-bond donors (Lipinski definition) is 1. The van der Waals surface area contributed by atoms with E-state index < -0.39 is 18.4 Å². The van der Waals surface area contributed by atoms with Gasteiger partial charge in [-0.1, -0.05) is 77.8 Å². The van der Waals surface area contributed by atoms with Gasteiger partial charge < -0.3 is 14.9 Å². The van der Waals surface area contributed by atoms with Gasteiger partial charge >= 0.3 is 5.97 Å². The molecule has 1 aromatic heterocycles. The van der Waals surface area contributed by atoms with E-state index in [1.807, 2.05) is 78.7 Å². The van der Waals surface area contributed by atoms with Crippen LogP contribution in [0.1, 0.15) is 32.7 Å². The number of carbonyl (C=O) groups excluding carboxylic acids is 1. The fraction of sp³-hybridized carbons (Fsp3) is 0.226. The van der Waals surface area contributed by atoms with Crippen molar-refractivity contribution in [3.8, 4) is 0 Å². The number of benzene rings is 3. The molecule has 0 saturated heterocycles. The Morgan fingerprint density at radius 3 is 2.02 bits per heavy atom. The van der Waals surface area contributed by atoms with Crippen LogP contribution >= 0.6 is 23.2 Å². The Balaban J connectivity index is 1.60. The Bertz CT molecular complexity index is 1430. The Morgan fingerprint density at radius 1 is 0.800 bits per heavy atom. The van der Waals surface area contributed by atoms with Gasteiger partial charge in [-0.25, -0.2) is 9.97 Å². The summed E-state index contributed by atoms with van der Waals surface area (Å²) in [5.41, 5.74) is 3.98. The lowest BCUT2D eigenvalue weighted by Crippen LogP contribution is -2.38. The van der Waals surface area contributed by atoms with E-state index in [1.165, 1.54) is 11.1 Å².